The van der Waals surface area contributed by atoms with E-state index in [1.54, 1.807) is 19.1 Å². The van der Waals surface area contributed by atoms with Crippen molar-refractivity contribution < 1.29 is 14.7 Å². The van der Waals surface area contributed by atoms with Gasteiger partial charge in [-0.2, -0.15) is 11.8 Å². The summed E-state index contributed by atoms with van der Waals surface area (Å²) in [5.41, 5.74) is 1.48. The number of carbonyl (C=O) groups excluding carboxylic acids is 1. The number of thioether (sulfide) groups is 1. The van der Waals surface area contributed by atoms with E-state index in [1.165, 1.54) is 6.07 Å². The van der Waals surface area contributed by atoms with Crippen LogP contribution in [0.4, 0.5) is 10.5 Å². The molecule has 1 aliphatic rings. The van der Waals surface area contributed by atoms with Crippen LogP contribution in [-0.2, 0) is 0 Å². The molecule has 0 aliphatic heterocycles. The van der Waals surface area contributed by atoms with Crippen molar-refractivity contribution in [3.63, 3.8) is 0 Å². The highest BCUT2D eigenvalue weighted by molar-refractivity contribution is 7.99. The van der Waals surface area contributed by atoms with E-state index in [0.29, 0.717) is 16.5 Å². The summed E-state index contributed by atoms with van der Waals surface area (Å²) in [5, 5.41) is 15.3. The van der Waals surface area contributed by atoms with Crippen molar-refractivity contribution >= 4 is 29.4 Å². The number of aryl methyl sites for hydroxylation is 1. The number of aromatic carboxylic acids is 1. The van der Waals surface area contributed by atoms with Gasteiger partial charge >= 0.3 is 12.0 Å². The van der Waals surface area contributed by atoms with E-state index in [2.05, 4.69) is 16.9 Å². The number of carbonyl (C=O) groups is 2. The summed E-state index contributed by atoms with van der Waals surface area (Å²) in [4.78, 5) is 22.9. The van der Waals surface area contributed by atoms with E-state index in [9.17, 15) is 9.59 Å². The van der Waals surface area contributed by atoms with Gasteiger partial charge < -0.3 is 15.7 Å². The molecule has 3 N–H and O–H groups in total. The van der Waals surface area contributed by atoms with Gasteiger partial charge in [0.15, 0.2) is 0 Å². The lowest BCUT2D eigenvalue weighted by Gasteiger charge is -2.14. The molecule has 21 heavy (non-hydrogen) atoms. The smallest absolute Gasteiger partial charge is 0.335 e. The average molecular weight is 308 g/mol. The predicted octanol–water partition coefficient (Wildman–Crippen LogP) is 3.10. The van der Waals surface area contributed by atoms with E-state index in [1.807, 2.05) is 11.8 Å². The van der Waals surface area contributed by atoms with Crippen LogP contribution in [0.2, 0.25) is 0 Å². The molecular weight excluding hydrogens is 288 g/mol. The van der Waals surface area contributed by atoms with Gasteiger partial charge in [-0.25, -0.2) is 9.59 Å². The zero-order valence-corrected chi connectivity index (χ0v) is 13.0. The number of hydrogen-bond donors (Lipinski definition) is 3. The molecule has 0 bridgehead atoms. The highest BCUT2D eigenvalue weighted by Gasteiger charge is 2.25. The molecule has 114 valence electrons. The molecule has 1 saturated carbocycles. The molecule has 2 rings (SSSR count). The van der Waals surface area contributed by atoms with Gasteiger partial charge in [0.05, 0.1) is 5.56 Å². The van der Waals surface area contributed by atoms with Crippen LogP contribution < -0.4 is 10.6 Å². The van der Waals surface area contributed by atoms with Crippen LogP contribution in [0.5, 0.6) is 0 Å². The van der Waals surface area contributed by atoms with E-state index in [-0.39, 0.29) is 17.6 Å². The minimum Gasteiger partial charge on any atom is -0.478 e. The van der Waals surface area contributed by atoms with Crippen molar-refractivity contribution in [2.45, 2.75) is 37.5 Å². The minimum atomic E-state index is -0.961. The molecule has 1 aromatic carbocycles. The second kappa shape index (κ2) is 6.85. The standard InChI is InChI=1S/C15H20N2O3S/c1-9-7-10(4-6-13(9)14(18)19)16-15(20)17-11-3-5-12(8-11)21-2/h4,6-7,11-12H,3,5,8H2,1-2H3,(H,18,19)(H2,16,17,20). The number of nitrogens with one attached hydrogen (secondary N) is 2. The quantitative estimate of drug-likeness (QED) is 0.798. The van der Waals surface area contributed by atoms with Gasteiger partial charge in [0.1, 0.15) is 0 Å². The van der Waals surface area contributed by atoms with Crippen molar-refractivity contribution in [2.75, 3.05) is 11.6 Å². The average Bonchev–Trinajstić information content (AvgIpc) is 2.85. The monoisotopic (exact) mass is 308 g/mol. The van der Waals surface area contributed by atoms with Gasteiger partial charge in [-0.05, 0) is 56.2 Å². The first-order chi connectivity index (χ1) is 9.99. The van der Waals surface area contributed by atoms with Gasteiger partial charge in [-0.1, -0.05) is 0 Å². The Morgan fingerprint density at radius 1 is 1.33 bits per heavy atom. The SMILES string of the molecule is CSC1CCC(NC(=O)Nc2ccc(C(=O)O)c(C)c2)C1. The summed E-state index contributed by atoms with van der Waals surface area (Å²) in [6.07, 6.45) is 5.25. The molecule has 1 aromatic rings. The molecule has 0 heterocycles. The van der Waals surface area contributed by atoms with E-state index >= 15 is 0 Å². The van der Waals surface area contributed by atoms with Gasteiger partial charge in [0.2, 0.25) is 0 Å². The number of rotatable bonds is 4. The van der Waals surface area contributed by atoms with Crippen LogP contribution in [0.15, 0.2) is 18.2 Å². The van der Waals surface area contributed by atoms with Crippen LogP contribution in [0.1, 0.15) is 35.2 Å². The number of urea groups is 1. The molecule has 0 aromatic heterocycles. The van der Waals surface area contributed by atoms with Gasteiger partial charge in [-0.3, -0.25) is 0 Å². The topological polar surface area (TPSA) is 78.4 Å². The highest BCUT2D eigenvalue weighted by Crippen LogP contribution is 2.28. The molecule has 1 fully saturated rings. The molecule has 2 unspecified atom stereocenters. The third-order valence-corrected chi connectivity index (χ3v) is 4.86. The molecule has 1 aliphatic carbocycles. The third kappa shape index (κ3) is 4.14. The number of amides is 2. The summed E-state index contributed by atoms with van der Waals surface area (Å²) in [5.74, 6) is -0.961. The maximum atomic E-state index is 11.9. The van der Waals surface area contributed by atoms with E-state index < -0.39 is 5.97 Å². The summed E-state index contributed by atoms with van der Waals surface area (Å²) in [6.45, 7) is 1.71. The largest absolute Gasteiger partial charge is 0.478 e. The normalized spacial score (nSPS) is 21.0. The summed E-state index contributed by atoms with van der Waals surface area (Å²) in [7, 11) is 0. The first kappa shape index (κ1) is 15.7. The zero-order valence-electron chi connectivity index (χ0n) is 12.2. The first-order valence-electron chi connectivity index (χ1n) is 6.94. The molecule has 6 heteroatoms. The Morgan fingerprint density at radius 2 is 2.10 bits per heavy atom. The molecule has 5 nitrogen and oxygen atoms in total. The van der Waals surface area contributed by atoms with Crippen LogP contribution >= 0.6 is 11.8 Å². The van der Waals surface area contributed by atoms with Crippen LogP contribution in [-0.4, -0.2) is 34.7 Å². The van der Waals surface area contributed by atoms with Crippen molar-refractivity contribution in [3.8, 4) is 0 Å². The number of hydrogen-bond acceptors (Lipinski definition) is 3. The second-order valence-electron chi connectivity index (χ2n) is 5.30. The molecule has 0 saturated heterocycles. The summed E-state index contributed by atoms with van der Waals surface area (Å²) >= 11 is 1.85. The highest BCUT2D eigenvalue weighted by atomic mass is 32.2. The number of anilines is 1. The minimum absolute atomic E-state index is 0.224. The maximum Gasteiger partial charge on any atom is 0.335 e. The lowest BCUT2D eigenvalue weighted by Crippen LogP contribution is -2.36. The van der Waals surface area contributed by atoms with Crippen molar-refractivity contribution in [1.29, 1.82) is 0 Å². The van der Waals surface area contributed by atoms with Gasteiger partial charge in [0.25, 0.3) is 0 Å². The molecular formula is C15H20N2O3S. The Balaban J connectivity index is 1.91. The molecule has 0 radical (unpaired) electrons. The number of benzene rings is 1. The predicted molar refractivity (Wildman–Crippen MR) is 85.2 cm³/mol. The Bertz CT molecular complexity index is 548. The summed E-state index contributed by atoms with van der Waals surface area (Å²) in [6, 6.07) is 4.77. The second-order valence-corrected chi connectivity index (χ2v) is 6.44. The fourth-order valence-electron chi connectivity index (χ4n) is 2.62. The molecule has 2 atom stereocenters. The van der Waals surface area contributed by atoms with Crippen molar-refractivity contribution in [1.82, 2.24) is 5.32 Å². The lowest BCUT2D eigenvalue weighted by atomic mass is 10.1. The number of carboxylic acid groups (broad SMARTS) is 1. The van der Waals surface area contributed by atoms with Crippen molar-refractivity contribution in [2.24, 2.45) is 0 Å². The number of carboxylic acids is 1. The van der Waals surface area contributed by atoms with Crippen LogP contribution in [0, 0.1) is 6.92 Å². The van der Waals surface area contributed by atoms with Crippen LogP contribution in [0.3, 0.4) is 0 Å². The maximum absolute atomic E-state index is 11.9. The summed E-state index contributed by atoms with van der Waals surface area (Å²) < 4.78 is 0. The van der Waals surface area contributed by atoms with Gasteiger partial charge in [-0.15, -0.1) is 0 Å². The van der Waals surface area contributed by atoms with Crippen molar-refractivity contribution in [3.05, 3.63) is 29.3 Å². The fraction of sp³-hybridized carbons (Fsp3) is 0.467. The molecule has 0 spiro atoms. The van der Waals surface area contributed by atoms with Gasteiger partial charge in [0, 0.05) is 17.0 Å². The van der Waals surface area contributed by atoms with E-state index in [4.69, 9.17) is 5.11 Å². The Hall–Kier alpha value is -1.69. The first-order valence-corrected chi connectivity index (χ1v) is 8.22. The lowest BCUT2D eigenvalue weighted by molar-refractivity contribution is 0.0696. The Morgan fingerprint density at radius 3 is 2.67 bits per heavy atom. The Kier molecular flexibility index (Phi) is 5.12. The van der Waals surface area contributed by atoms with E-state index in [0.717, 1.165) is 19.3 Å². The van der Waals surface area contributed by atoms with Crippen LogP contribution in [0.25, 0.3) is 0 Å². The Labute approximate surface area is 128 Å². The fourth-order valence-corrected chi connectivity index (χ4v) is 3.42. The zero-order chi connectivity index (χ0) is 15.4. The third-order valence-electron chi connectivity index (χ3n) is 3.77. The molecule has 2 amide bonds.